The number of aromatic nitrogens is 2. The molecule has 2 N–H and O–H groups in total. The van der Waals surface area contributed by atoms with Crippen molar-refractivity contribution in [2.24, 2.45) is 7.05 Å². The number of hydrogen-bond donors (Lipinski definition) is 2. The van der Waals surface area contributed by atoms with E-state index in [1.807, 2.05) is 5.32 Å². The third-order valence-electron chi connectivity index (χ3n) is 7.78. The van der Waals surface area contributed by atoms with Crippen LogP contribution in [0.5, 0.6) is 0 Å². The number of nitrogens with zero attached hydrogens (tertiary/aromatic N) is 3. The number of rotatable bonds is 7. The molecule has 9 nitrogen and oxygen atoms in total. The van der Waals surface area contributed by atoms with Crippen molar-refractivity contribution in [1.29, 1.82) is 0 Å². The van der Waals surface area contributed by atoms with Gasteiger partial charge in [-0.2, -0.15) is 26.3 Å². The Morgan fingerprint density at radius 2 is 1.75 bits per heavy atom. The standard InChI is InChI=1S/C31H24F8N4O5/c1-42-13-16(30(34,35)36)10-20(28(42)45)19-5-4-15(18-3-2-6-40-26(18)19)9-23(29(46)47)41-27(44)25-21(32)11-17(12-22(25)33)43-7-8-48-14-24(43)31(37,38)39/h2-6,10-13,23-24H,7-9,14H2,1H3,(H,41,44)(H,46,47)/t23-,24+/m0/s1. The lowest BCUT2D eigenvalue weighted by Crippen LogP contribution is -2.53. The minimum absolute atomic E-state index is 0.00854. The van der Waals surface area contributed by atoms with E-state index in [1.54, 1.807) is 0 Å². The first-order valence-electron chi connectivity index (χ1n) is 14.1. The summed E-state index contributed by atoms with van der Waals surface area (Å²) < 4.78 is 117. The maximum absolute atomic E-state index is 15.1. The van der Waals surface area contributed by atoms with Crippen LogP contribution < -0.4 is 15.8 Å². The Balaban J connectivity index is 1.45. The molecule has 0 bridgehead atoms. The maximum atomic E-state index is 15.1. The Labute approximate surface area is 265 Å². The second kappa shape index (κ2) is 12.9. The summed E-state index contributed by atoms with van der Waals surface area (Å²) in [7, 11) is 1.15. The molecule has 2 atom stereocenters. The fourth-order valence-electron chi connectivity index (χ4n) is 5.46. The number of halogens is 8. The molecular formula is C31H24F8N4O5. The molecular weight excluding hydrogens is 660 g/mol. The summed E-state index contributed by atoms with van der Waals surface area (Å²) in [5, 5.41) is 12.1. The number of benzene rings is 2. The van der Waals surface area contributed by atoms with Crippen molar-refractivity contribution in [3.05, 3.63) is 93.5 Å². The van der Waals surface area contributed by atoms with Crippen LogP contribution in [-0.2, 0) is 29.2 Å². The molecule has 0 unspecified atom stereocenters. The Hall–Kier alpha value is -5.06. The quantitative estimate of drug-likeness (QED) is 0.261. The van der Waals surface area contributed by atoms with Gasteiger partial charge in [0.2, 0.25) is 0 Å². The van der Waals surface area contributed by atoms with Crippen LogP contribution in [0.3, 0.4) is 0 Å². The number of alkyl halides is 6. The van der Waals surface area contributed by atoms with Gasteiger partial charge in [-0.3, -0.25) is 14.6 Å². The normalized spacial score (nSPS) is 16.2. The largest absolute Gasteiger partial charge is 0.480 e. The highest BCUT2D eigenvalue weighted by Gasteiger charge is 2.46. The molecule has 0 aliphatic carbocycles. The molecule has 17 heteroatoms. The van der Waals surface area contributed by atoms with Crippen molar-refractivity contribution in [3.63, 3.8) is 0 Å². The van der Waals surface area contributed by atoms with Crippen LogP contribution in [0.1, 0.15) is 21.5 Å². The first-order valence-corrected chi connectivity index (χ1v) is 14.1. The second-order valence-corrected chi connectivity index (χ2v) is 10.9. The molecule has 1 amide bonds. The highest BCUT2D eigenvalue weighted by atomic mass is 19.4. The maximum Gasteiger partial charge on any atom is 0.417 e. The molecule has 2 aromatic heterocycles. The van der Waals surface area contributed by atoms with Gasteiger partial charge in [0, 0.05) is 54.6 Å². The molecule has 48 heavy (non-hydrogen) atoms. The van der Waals surface area contributed by atoms with Crippen molar-refractivity contribution in [3.8, 4) is 11.1 Å². The van der Waals surface area contributed by atoms with Gasteiger partial charge >= 0.3 is 18.3 Å². The van der Waals surface area contributed by atoms with E-state index in [0.717, 1.165) is 11.6 Å². The third-order valence-corrected chi connectivity index (χ3v) is 7.78. The number of carbonyl (C=O) groups is 2. The molecule has 1 fully saturated rings. The molecule has 254 valence electrons. The SMILES string of the molecule is Cn1cc(C(F)(F)F)cc(-c2ccc(C[C@H](NC(=O)c3c(F)cc(N4CCOC[C@@H]4C(F)(F)F)cc3F)C(=O)O)c3cccnc23)c1=O. The number of fused-ring (bicyclic) bond motifs is 1. The van der Waals surface area contributed by atoms with E-state index >= 15 is 8.78 Å². The van der Waals surface area contributed by atoms with Crippen LogP contribution in [-0.4, -0.2) is 64.6 Å². The molecule has 3 heterocycles. The summed E-state index contributed by atoms with van der Waals surface area (Å²) in [5.74, 6) is -6.22. The van der Waals surface area contributed by atoms with Gasteiger partial charge in [0.15, 0.2) is 0 Å². The monoisotopic (exact) mass is 684 g/mol. The summed E-state index contributed by atoms with van der Waals surface area (Å²) in [4.78, 5) is 42.9. The van der Waals surface area contributed by atoms with Crippen LogP contribution in [0.2, 0.25) is 0 Å². The van der Waals surface area contributed by atoms with E-state index in [1.165, 1.54) is 30.5 Å². The van der Waals surface area contributed by atoms with Gasteiger partial charge in [-0.05, 0) is 29.8 Å². The van der Waals surface area contributed by atoms with Crippen molar-refractivity contribution in [1.82, 2.24) is 14.9 Å². The molecule has 1 aliphatic heterocycles. The van der Waals surface area contributed by atoms with Gasteiger partial charge < -0.3 is 24.6 Å². The minimum atomic E-state index is -4.79. The zero-order chi connectivity index (χ0) is 35.1. The minimum Gasteiger partial charge on any atom is -0.480 e. The Morgan fingerprint density at radius 1 is 1.06 bits per heavy atom. The van der Waals surface area contributed by atoms with Crippen molar-refractivity contribution < 1.29 is 54.6 Å². The average molecular weight is 685 g/mol. The highest BCUT2D eigenvalue weighted by Crippen LogP contribution is 2.35. The summed E-state index contributed by atoms with van der Waals surface area (Å²) >= 11 is 0. The van der Waals surface area contributed by atoms with Crippen molar-refractivity contribution >= 4 is 28.5 Å². The van der Waals surface area contributed by atoms with Crippen LogP contribution in [0.25, 0.3) is 22.0 Å². The number of carboxylic acids is 1. The van der Waals surface area contributed by atoms with Gasteiger partial charge in [-0.15, -0.1) is 0 Å². The topological polar surface area (TPSA) is 114 Å². The lowest BCUT2D eigenvalue weighted by atomic mass is 9.95. The molecule has 2 aromatic carbocycles. The smallest absolute Gasteiger partial charge is 0.417 e. The molecule has 0 saturated carbocycles. The average Bonchev–Trinajstić information content (AvgIpc) is 3.01. The molecule has 4 aromatic rings. The Morgan fingerprint density at radius 3 is 2.38 bits per heavy atom. The number of aliphatic carboxylic acids is 1. The number of aryl methyl sites for hydroxylation is 1. The van der Waals surface area contributed by atoms with Crippen LogP contribution in [0.15, 0.2) is 59.7 Å². The molecule has 1 aliphatic rings. The van der Waals surface area contributed by atoms with Gasteiger partial charge in [-0.1, -0.05) is 18.2 Å². The van der Waals surface area contributed by atoms with E-state index in [2.05, 4.69) is 4.98 Å². The van der Waals surface area contributed by atoms with E-state index in [4.69, 9.17) is 4.74 Å². The molecule has 0 radical (unpaired) electrons. The van der Waals surface area contributed by atoms with Crippen molar-refractivity contribution in [2.75, 3.05) is 24.7 Å². The van der Waals surface area contributed by atoms with E-state index in [0.29, 0.717) is 29.3 Å². The number of ether oxygens (including phenoxy) is 1. The summed E-state index contributed by atoms with van der Waals surface area (Å²) in [5.41, 5.74) is -3.70. The first-order chi connectivity index (χ1) is 22.5. The van der Waals surface area contributed by atoms with E-state index < -0.39 is 83.3 Å². The predicted molar refractivity (Wildman–Crippen MR) is 154 cm³/mol. The summed E-state index contributed by atoms with van der Waals surface area (Å²) in [6.07, 6.45) is -8.14. The number of morpholine rings is 1. The number of amides is 1. The summed E-state index contributed by atoms with van der Waals surface area (Å²) in [6.45, 7) is -1.28. The van der Waals surface area contributed by atoms with Crippen LogP contribution >= 0.6 is 0 Å². The molecule has 1 saturated heterocycles. The third kappa shape index (κ3) is 6.81. The van der Waals surface area contributed by atoms with E-state index in [9.17, 15) is 45.8 Å². The lowest BCUT2D eigenvalue weighted by Gasteiger charge is -2.38. The van der Waals surface area contributed by atoms with Crippen LogP contribution in [0.4, 0.5) is 40.8 Å². The molecule has 5 rings (SSSR count). The Bertz CT molecular complexity index is 1940. The second-order valence-electron chi connectivity index (χ2n) is 10.9. The predicted octanol–water partition coefficient (Wildman–Crippen LogP) is 5.09. The van der Waals surface area contributed by atoms with E-state index in [-0.39, 0.29) is 40.7 Å². The van der Waals surface area contributed by atoms with Crippen molar-refractivity contribution in [2.45, 2.75) is 30.9 Å². The number of pyridine rings is 2. The fraction of sp³-hybridized carbons (Fsp3) is 0.290. The number of carbonyl (C=O) groups excluding carboxylic acids is 1. The number of carboxylic acid groups (broad SMARTS) is 1. The lowest BCUT2D eigenvalue weighted by molar-refractivity contribution is -0.167. The first kappa shape index (κ1) is 34.3. The molecule has 0 spiro atoms. The number of hydrogen-bond acceptors (Lipinski definition) is 6. The fourth-order valence-corrected chi connectivity index (χ4v) is 5.46. The van der Waals surface area contributed by atoms with Gasteiger partial charge in [-0.25, -0.2) is 13.6 Å². The zero-order valence-electron chi connectivity index (χ0n) is 24.6. The Kier molecular flexibility index (Phi) is 9.18. The number of anilines is 1. The van der Waals surface area contributed by atoms with Gasteiger partial charge in [0.05, 0.1) is 24.3 Å². The van der Waals surface area contributed by atoms with Gasteiger partial charge in [0.25, 0.3) is 11.5 Å². The summed E-state index contributed by atoms with van der Waals surface area (Å²) in [6, 6.07) is 3.20. The van der Waals surface area contributed by atoms with Crippen LogP contribution in [0, 0.1) is 11.6 Å². The highest BCUT2D eigenvalue weighted by molar-refractivity contribution is 5.98. The zero-order valence-corrected chi connectivity index (χ0v) is 24.6. The number of nitrogens with one attached hydrogen (secondary N) is 1. The van der Waals surface area contributed by atoms with Gasteiger partial charge in [0.1, 0.15) is 29.3 Å².